The number of imidazole rings is 1. The first-order valence-corrected chi connectivity index (χ1v) is 6.65. The standard InChI is InChI=1S/C14H15N5O2/c1-9(2)14(20)19-8-18-11-12(16-7-17-13(11)19)15-6-10-4-3-5-21-10/h3-5,7-9H,6H2,1-2H3,(H,15,16,17). The van der Waals surface area contributed by atoms with Gasteiger partial charge in [0.05, 0.1) is 12.8 Å². The number of nitrogens with zero attached hydrogens (tertiary/aromatic N) is 4. The second kappa shape index (κ2) is 5.35. The zero-order valence-electron chi connectivity index (χ0n) is 11.8. The number of hydrogen-bond acceptors (Lipinski definition) is 6. The Bertz CT molecular complexity index is 761. The highest BCUT2D eigenvalue weighted by atomic mass is 16.3. The first-order valence-electron chi connectivity index (χ1n) is 6.65. The number of anilines is 1. The third-order valence-corrected chi connectivity index (χ3v) is 3.07. The highest BCUT2D eigenvalue weighted by Crippen LogP contribution is 2.19. The maximum Gasteiger partial charge on any atom is 0.236 e. The van der Waals surface area contributed by atoms with Crippen LogP contribution in [0.1, 0.15) is 24.4 Å². The van der Waals surface area contributed by atoms with Gasteiger partial charge in [-0.2, -0.15) is 0 Å². The maximum absolute atomic E-state index is 12.1. The third-order valence-electron chi connectivity index (χ3n) is 3.07. The quantitative estimate of drug-likeness (QED) is 0.791. The molecule has 0 bridgehead atoms. The van der Waals surface area contributed by atoms with Crippen molar-refractivity contribution in [3.63, 3.8) is 0 Å². The third kappa shape index (κ3) is 2.49. The van der Waals surface area contributed by atoms with Crippen molar-refractivity contribution in [1.82, 2.24) is 19.5 Å². The molecule has 0 aromatic carbocycles. The molecular weight excluding hydrogens is 270 g/mol. The van der Waals surface area contributed by atoms with E-state index in [-0.39, 0.29) is 11.8 Å². The molecule has 7 heteroatoms. The van der Waals surface area contributed by atoms with Crippen LogP contribution in [0.15, 0.2) is 35.5 Å². The van der Waals surface area contributed by atoms with Gasteiger partial charge in [0.1, 0.15) is 18.4 Å². The molecule has 0 aliphatic heterocycles. The van der Waals surface area contributed by atoms with Crippen LogP contribution in [0.3, 0.4) is 0 Å². The molecule has 0 saturated carbocycles. The number of carbonyl (C=O) groups excluding carboxylic acids is 1. The van der Waals surface area contributed by atoms with Crippen LogP contribution in [0, 0.1) is 5.92 Å². The Hall–Kier alpha value is -2.70. The van der Waals surface area contributed by atoms with Gasteiger partial charge in [0, 0.05) is 5.92 Å². The minimum atomic E-state index is -0.128. The number of fused-ring (bicyclic) bond motifs is 1. The number of rotatable bonds is 4. The average molecular weight is 285 g/mol. The zero-order chi connectivity index (χ0) is 14.8. The van der Waals surface area contributed by atoms with E-state index in [4.69, 9.17) is 4.42 Å². The van der Waals surface area contributed by atoms with Crippen molar-refractivity contribution in [2.45, 2.75) is 20.4 Å². The van der Waals surface area contributed by atoms with Gasteiger partial charge in [-0.05, 0) is 12.1 Å². The van der Waals surface area contributed by atoms with E-state index in [0.29, 0.717) is 23.5 Å². The molecule has 0 aliphatic carbocycles. The van der Waals surface area contributed by atoms with Gasteiger partial charge in [0.15, 0.2) is 17.0 Å². The lowest BCUT2D eigenvalue weighted by Gasteiger charge is -2.06. The summed E-state index contributed by atoms with van der Waals surface area (Å²) in [5.41, 5.74) is 1.07. The van der Waals surface area contributed by atoms with Crippen LogP contribution in [0.2, 0.25) is 0 Å². The number of furan rings is 1. The van der Waals surface area contributed by atoms with E-state index in [2.05, 4.69) is 20.3 Å². The molecule has 0 aliphatic rings. The van der Waals surface area contributed by atoms with E-state index in [1.165, 1.54) is 17.2 Å². The van der Waals surface area contributed by atoms with E-state index in [1.807, 2.05) is 26.0 Å². The lowest BCUT2D eigenvalue weighted by molar-refractivity contribution is 0.0859. The zero-order valence-corrected chi connectivity index (χ0v) is 11.8. The molecule has 0 radical (unpaired) electrons. The fraction of sp³-hybridized carbons (Fsp3) is 0.286. The van der Waals surface area contributed by atoms with Gasteiger partial charge in [-0.15, -0.1) is 0 Å². The van der Waals surface area contributed by atoms with E-state index < -0.39 is 0 Å². The van der Waals surface area contributed by atoms with Crippen LogP contribution < -0.4 is 5.32 Å². The molecule has 0 unspecified atom stereocenters. The summed E-state index contributed by atoms with van der Waals surface area (Å²) in [5, 5.41) is 3.14. The Kier molecular flexibility index (Phi) is 3.39. The van der Waals surface area contributed by atoms with E-state index >= 15 is 0 Å². The second-order valence-electron chi connectivity index (χ2n) is 4.93. The Morgan fingerprint density at radius 2 is 2.24 bits per heavy atom. The molecule has 1 N–H and O–H groups in total. The Labute approximate surface area is 121 Å². The fourth-order valence-electron chi connectivity index (χ4n) is 1.99. The Balaban J connectivity index is 1.92. The number of carbonyl (C=O) groups is 1. The number of nitrogens with one attached hydrogen (secondary N) is 1. The van der Waals surface area contributed by atoms with Gasteiger partial charge >= 0.3 is 0 Å². The van der Waals surface area contributed by atoms with Crippen molar-refractivity contribution >= 4 is 22.9 Å². The molecule has 3 aromatic rings. The summed E-state index contributed by atoms with van der Waals surface area (Å²) in [6.07, 6.45) is 4.51. The second-order valence-corrected chi connectivity index (χ2v) is 4.93. The van der Waals surface area contributed by atoms with Crippen molar-refractivity contribution in [2.75, 3.05) is 5.32 Å². The summed E-state index contributed by atoms with van der Waals surface area (Å²) >= 11 is 0. The molecule has 0 spiro atoms. The van der Waals surface area contributed by atoms with Crippen molar-refractivity contribution in [3.8, 4) is 0 Å². The lowest BCUT2D eigenvalue weighted by Crippen LogP contribution is -2.16. The Morgan fingerprint density at radius 3 is 2.95 bits per heavy atom. The first kappa shape index (κ1) is 13.3. The molecule has 3 rings (SSSR count). The van der Waals surface area contributed by atoms with Crippen LogP contribution >= 0.6 is 0 Å². The molecule has 3 aromatic heterocycles. The van der Waals surface area contributed by atoms with Crippen LogP contribution in [-0.4, -0.2) is 25.4 Å². The number of aromatic nitrogens is 4. The molecule has 3 heterocycles. The molecular formula is C14H15N5O2. The van der Waals surface area contributed by atoms with Crippen LogP contribution in [0.5, 0.6) is 0 Å². The van der Waals surface area contributed by atoms with Crippen LogP contribution in [0.25, 0.3) is 11.2 Å². The molecule has 21 heavy (non-hydrogen) atoms. The minimum Gasteiger partial charge on any atom is -0.467 e. The molecule has 108 valence electrons. The summed E-state index contributed by atoms with van der Waals surface area (Å²) in [4.78, 5) is 24.7. The molecule has 0 amide bonds. The van der Waals surface area contributed by atoms with Gasteiger partial charge in [0.25, 0.3) is 0 Å². The van der Waals surface area contributed by atoms with Gasteiger partial charge in [-0.3, -0.25) is 9.36 Å². The fourth-order valence-corrected chi connectivity index (χ4v) is 1.99. The predicted molar refractivity (Wildman–Crippen MR) is 76.8 cm³/mol. The highest BCUT2D eigenvalue weighted by molar-refractivity contribution is 5.92. The van der Waals surface area contributed by atoms with E-state index in [1.54, 1.807) is 6.26 Å². The normalized spacial score (nSPS) is 11.2. The SMILES string of the molecule is CC(C)C(=O)n1cnc2c(NCc3ccco3)ncnc21. The topological polar surface area (TPSA) is 85.8 Å². The van der Waals surface area contributed by atoms with E-state index in [9.17, 15) is 4.79 Å². The molecule has 0 fully saturated rings. The summed E-state index contributed by atoms with van der Waals surface area (Å²) < 4.78 is 6.71. The average Bonchev–Trinajstić information content (AvgIpc) is 3.13. The largest absolute Gasteiger partial charge is 0.467 e. The molecule has 0 saturated heterocycles. The minimum absolute atomic E-state index is 0.0480. The van der Waals surface area contributed by atoms with Crippen molar-refractivity contribution in [2.24, 2.45) is 5.92 Å². The molecule has 7 nitrogen and oxygen atoms in total. The van der Waals surface area contributed by atoms with Gasteiger partial charge in [0.2, 0.25) is 5.91 Å². The van der Waals surface area contributed by atoms with Crippen LogP contribution in [-0.2, 0) is 6.54 Å². The molecule has 0 atom stereocenters. The number of hydrogen-bond donors (Lipinski definition) is 1. The smallest absolute Gasteiger partial charge is 0.236 e. The first-order chi connectivity index (χ1) is 10.2. The summed E-state index contributed by atoms with van der Waals surface area (Å²) in [7, 11) is 0. The van der Waals surface area contributed by atoms with Crippen molar-refractivity contribution in [1.29, 1.82) is 0 Å². The van der Waals surface area contributed by atoms with Gasteiger partial charge < -0.3 is 9.73 Å². The van der Waals surface area contributed by atoms with Crippen molar-refractivity contribution in [3.05, 3.63) is 36.8 Å². The van der Waals surface area contributed by atoms with Gasteiger partial charge in [-0.1, -0.05) is 13.8 Å². The predicted octanol–water partition coefficient (Wildman–Crippen LogP) is 2.33. The monoisotopic (exact) mass is 285 g/mol. The lowest BCUT2D eigenvalue weighted by atomic mass is 10.2. The van der Waals surface area contributed by atoms with E-state index in [0.717, 1.165) is 5.76 Å². The summed E-state index contributed by atoms with van der Waals surface area (Å²) in [5.74, 6) is 1.19. The van der Waals surface area contributed by atoms with Crippen molar-refractivity contribution < 1.29 is 9.21 Å². The van der Waals surface area contributed by atoms with Crippen LogP contribution in [0.4, 0.5) is 5.82 Å². The highest BCUT2D eigenvalue weighted by Gasteiger charge is 2.16. The summed E-state index contributed by atoms with van der Waals surface area (Å²) in [6.45, 7) is 4.17. The van der Waals surface area contributed by atoms with Gasteiger partial charge in [-0.25, -0.2) is 15.0 Å². The Morgan fingerprint density at radius 1 is 1.38 bits per heavy atom. The summed E-state index contributed by atoms with van der Waals surface area (Å²) in [6, 6.07) is 3.69. The maximum atomic E-state index is 12.1.